The van der Waals surface area contributed by atoms with Gasteiger partial charge in [-0.2, -0.15) is 0 Å². The van der Waals surface area contributed by atoms with Crippen LogP contribution in [0, 0.1) is 11.8 Å². The average Bonchev–Trinajstić information content (AvgIpc) is 3.39. The Morgan fingerprint density at radius 2 is 1.64 bits per heavy atom. The highest BCUT2D eigenvalue weighted by molar-refractivity contribution is 6.30. The van der Waals surface area contributed by atoms with E-state index in [9.17, 15) is 14.4 Å². The van der Waals surface area contributed by atoms with E-state index in [2.05, 4.69) is 19.2 Å². The van der Waals surface area contributed by atoms with Crippen molar-refractivity contribution in [2.45, 2.75) is 50.6 Å². The number of ketones is 1. The molecule has 39 heavy (non-hydrogen) atoms. The molecule has 5 rings (SSSR count). The third-order valence-electron chi connectivity index (χ3n) is 7.97. The largest absolute Gasteiger partial charge is 0.323 e. The van der Waals surface area contributed by atoms with E-state index in [4.69, 9.17) is 23.2 Å². The molecule has 4 atom stereocenters. The molecule has 4 unspecified atom stereocenters. The van der Waals surface area contributed by atoms with E-state index in [1.54, 1.807) is 29.2 Å². The zero-order chi connectivity index (χ0) is 27.7. The Hall–Kier alpha value is -3.15. The number of carbonyl (C=O) groups is 3. The molecule has 1 spiro atoms. The van der Waals surface area contributed by atoms with Gasteiger partial charge in [0.15, 0.2) is 11.3 Å². The molecule has 0 bridgehead atoms. The summed E-state index contributed by atoms with van der Waals surface area (Å²) in [6.07, 6.45) is 1.29. The normalized spacial score (nSPS) is 23.8. The predicted octanol–water partition coefficient (Wildman–Crippen LogP) is 7.05. The number of rotatable bonds is 8. The number of hydrogen-bond acceptors (Lipinski definition) is 3. The maximum absolute atomic E-state index is 14.7. The summed E-state index contributed by atoms with van der Waals surface area (Å²) in [6.45, 7) is 4.20. The summed E-state index contributed by atoms with van der Waals surface area (Å²) < 4.78 is 0. The van der Waals surface area contributed by atoms with Crippen molar-refractivity contribution in [1.29, 1.82) is 0 Å². The van der Waals surface area contributed by atoms with Crippen molar-refractivity contribution < 1.29 is 14.4 Å². The van der Waals surface area contributed by atoms with E-state index in [-0.39, 0.29) is 29.9 Å². The van der Waals surface area contributed by atoms with Crippen molar-refractivity contribution >= 4 is 46.5 Å². The first-order valence-corrected chi connectivity index (χ1v) is 14.4. The van der Waals surface area contributed by atoms with Gasteiger partial charge in [0.05, 0.1) is 5.92 Å². The molecule has 2 aliphatic heterocycles. The van der Waals surface area contributed by atoms with Crippen molar-refractivity contribution in [3.05, 3.63) is 101 Å². The number of nitrogens with one attached hydrogen (secondary N) is 1. The number of alkyl halides is 1. The molecule has 0 aliphatic carbocycles. The first-order chi connectivity index (χ1) is 18.8. The lowest BCUT2D eigenvalue weighted by Gasteiger charge is -2.39. The van der Waals surface area contributed by atoms with Crippen molar-refractivity contribution in [1.82, 2.24) is 4.90 Å². The quantitative estimate of drug-likeness (QED) is 0.236. The van der Waals surface area contributed by atoms with Crippen LogP contribution in [0.5, 0.6) is 0 Å². The molecule has 202 valence electrons. The molecule has 1 N–H and O–H groups in total. The standard InChI is InChI=1S/C32H32Cl2N2O3/c1-20(2)19-26-28(21-14-16-23(34)17-15-21)29(30(38)22-9-4-3-5-10-22)32(36(26)27(37)13-8-18-33)24-11-6-7-12-25(24)35-31(32)39/h3-7,9-12,14-17,20,26,28-29H,8,13,18-19H2,1-2H3,(H,35,39). The van der Waals surface area contributed by atoms with Crippen LogP contribution in [0.25, 0.3) is 0 Å². The number of nitrogens with zero attached hydrogens (tertiary/aromatic N) is 1. The van der Waals surface area contributed by atoms with E-state index >= 15 is 0 Å². The van der Waals surface area contributed by atoms with Crippen LogP contribution in [0.3, 0.4) is 0 Å². The second kappa shape index (κ2) is 11.1. The van der Waals surface area contributed by atoms with E-state index in [0.29, 0.717) is 40.6 Å². The summed E-state index contributed by atoms with van der Waals surface area (Å²) in [6, 6.07) is 23.5. The van der Waals surface area contributed by atoms with Gasteiger partial charge in [-0.1, -0.05) is 86.1 Å². The fraction of sp³-hybridized carbons (Fsp3) is 0.344. The maximum Gasteiger partial charge on any atom is 0.255 e. The number of benzene rings is 3. The smallest absolute Gasteiger partial charge is 0.255 e. The van der Waals surface area contributed by atoms with Crippen LogP contribution in [0.4, 0.5) is 5.69 Å². The molecule has 1 saturated heterocycles. The Bertz CT molecular complexity index is 1380. The van der Waals surface area contributed by atoms with E-state index in [1.165, 1.54) is 0 Å². The van der Waals surface area contributed by atoms with Crippen LogP contribution >= 0.6 is 23.2 Å². The summed E-state index contributed by atoms with van der Waals surface area (Å²) >= 11 is 12.3. The number of likely N-dealkylation sites (tertiary alicyclic amines) is 1. The lowest BCUT2D eigenvalue weighted by Crippen LogP contribution is -2.56. The van der Waals surface area contributed by atoms with Crippen LogP contribution in [0.15, 0.2) is 78.9 Å². The number of carbonyl (C=O) groups excluding carboxylic acids is 3. The van der Waals surface area contributed by atoms with Gasteiger partial charge in [0.1, 0.15) is 0 Å². The van der Waals surface area contributed by atoms with Gasteiger partial charge in [-0.15, -0.1) is 11.6 Å². The first kappa shape index (κ1) is 27.4. The third kappa shape index (κ3) is 4.66. The SMILES string of the molecule is CC(C)CC1C(c2ccc(Cl)cc2)C(C(=O)c2ccccc2)C2(C(=O)Nc3ccccc32)N1C(=O)CCCCl. The molecule has 0 radical (unpaired) electrons. The summed E-state index contributed by atoms with van der Waals surface area (Å²) in [5.74, 6) is -1.43. The number of amides is 2. The molecule has 5 nitrogen and oxygen atoms in total. The van der Waals surface area contributed by atoms with Gasteiger partial charge in [-0.3, -0.25) is 14.4 Å². The van der Waals surface area contributed by atoms with Gasteiger partial charge in [0.2, 0.25) is 5.91 Å². The van der Waals surface area contributed by atoms with Crippen LogP contribution in [0.1, 0.15) is 60.5 Å². The van der Waals surface area contributed by atoms with Crippen molar-refractivity contribution in [2.24, 2.45) is 11.8 Å². The summed E-state index contributed by atoms with van der Waals surface area (Å²) in [5, 5.41) is 3.61. The number of fused-ring (bicyclic) bond motifs is 2. The minimum absolute atomic E-state index is 0.163. The van der Waals surface area contributed by atoms with E-state index < -0.39 is 23.4 Å². The molecule has 0 saturated carbocycles. The number of anilines is 1. The molecule has 7 heteroatoms. The maximum atomic E-state index is 14.7. The fourth-order valence-electron chi connectivity index (χ4n) is 6.56. The summed E-state index contributed by atoms with van der Waals surface area (Å²) in [5.41, 5.74) is 1.17. The van der Waals surface area contributed by atoms with Crippen LogP contribution < -0.4 is 5.32 Å². The summed E-state index contributed by atoms with van der Waals surface area (Å²) in [4.78, 5) is 45.0. The Morgan fingerprint density at radius 3 is 2.31 bits per heavy atom. The van der Waals surface area contributed by atoms with Crippen molar-refractivity contribution in [3.63, 3.8) is 0 Å². The highest BCUT2D eigenvalue weighted by Crippen LogP contribution is 2.60. The molecule has 3 aromatic rings. The van der Waals surface area contributed by atoms with E-state index in [1.807, 2.05) is 54.6 Å². The minimum atomic E-state index is -1.50. The molecule has 2 aliphatic rings. The number of Topliss-reactive ketones (excluding diaryl/α,β-unsaturated/α-hetero) is 1. The number of hydrogen-bond donors (Lipinski definition) is 1. The highest BCUT2D eigenvalue weighted by atomic mass is 35.5. The topological polar surface area (TPSA) is 66.5 Å². The minimum Gasteiger partial charge on any atom is -0.323 e. The molecule has 1 fully saturated rings. The lowest BCUT2D eigenvalue weighted by atomic mass is 9.69. The Labute approximate surface area is 239 Å². The zero-order valence-corrected chi connectivity index (χ0v) is 23.6. The lowest BCUT2D eigenvalue weighted by molar-refractivity contribution is -0.146. The van der Waals surface area contributed by atoms with Gasteiger partial charge in [0, 0.05) is 46.1 Å². The third-order valence-corrected chi connectivity index (χ3v) is 8.49. The average molecular weight is 564 g/mol. The van der Waals surface area contributed by atoms with Gasteiger partial charge < -0.3 is 10.2 Å². The number of halogens is 2. The van der Waals surface area contributed by atoms with Crippen molar-refractivity contribution in [3.8, 4) is 0 Å². The second-order valence-corrected chi connectivity index (χ2v) is 11.6. The molecular formula is C32H32Cl2N2O3. The molecule has 2 heterocycles. The fourth-order valence-corrected chi connectivity index (χ4v) is 6.82. The molecule has 2 amide bonds. The van der Waals surface area contributed by atoms with Gasteiger partial charge >= 0.3 is 0 Å². The van der Waals surface area contributed by atoms with Crippen LogP contribution in [-0.2, 0) is 15.1 Å². The molecule has 0 aromatic heterocycles. The van der Waals surface area contributed by atoms with Crippen molar-refractivity contribution in [2.75, 3.05) is 11.2 Å². The van der Waals surface area contributed by atoms with Gasteiger partial charge in [0.25, 0.3) is 5.91 Å². The first-order valence-electron chi connectivity index (χ1n) is 13.4. The van der Waals surface area contributed by atoms with Crippen LogP contribution in [0.2, 0.25) is 5.02 Å². The van der Waals surface area contributed by atoms with Crippen LogP contribution in [-0.4, -0.2) is 34.4 Å². The van der Waals surface area contributed by atoms with Gasteiger partial charge in [-0.25, -0.2) is 0 Å². The van der Waals surface area contributed by atoms with Gasteiger partial charge in [-0.05, 0) is 42.5 Å². The number of para-hydroxylation sites is 1. The molecule has 3 aromatic carbocycles. The summed E-state index contributed by atoms with van der Waals surface area (Å²) in [7, 11) is 0. The molecular weight excluding hydrogens is 531 g/mol. The predicted molar refractivity (Wildman–Crippen MR) is 155 cm³/mol. The second-order valence-electron chi connectivity index (χ2n) is 10.8. The zero-order valence-electron chi connectivity index (χ0n) is 22.1. The Balaban J connectivity index is 1.84. The monoisotopic (exact) mass is 562 g/mol. The highest BCUT2D eigenvalue weighted by Gasteiger charge is 2.69. The Morgan fingerprint density at radius 1 is 0.974 bits per heavy atom. The Kier molecular flexibility index (Phi) is 7.84. The van der Waals surface area contributed by atoms with E-state index in [0.717, 1.165) is 5.56 Å².